The average Bonchev–Trinajstić information content (AvgIpc) is 3.00. The van der Waals surface area contributed by atoms with Crippen molar-refractivity contribution in [2.24, 2.45) is 0 Å². The lowest BCUT2D eigenvalue weighted by molar-refractivity contribution is 0.416. The van der Waals surface area contributed by atoms with Gasteiger partial charge in [-0.2, -0.15) is 4.98 Å². The van der Waals surface area contributed by atoms with Crippen molar-refractivity contribution >= 4 is 5.69 Å². The summed E-state index contributed by atoms with van der Waals surface area (Å²) >= 11 is 0. The third kappa shape index (κ3) is 2.02. The number of nitrogens with zero attached hydrogens (tertiary/aromatic N) is 2. The van der Waals surface area contributed by atoms with E-state index in [0.717, 1.165) is 17.1 Å². The molecule has 1 fully saturated rings. The average molecular weight is 229 g/mol. The van der Waals surface area contributed by atoms with Crippen molar-refractivity contribution in [3.8, 4) is 11.5 Å². The fourth-order valence-electron chi connectivity index (χ4n) is 2.33. The molecule has 2 N–H and O–H groups in total. The maximum Gasteiger partial charge on any atom is 0.257 e. The zero-order valence-corrected chi connectivity index (χ0v) is 9.60. The highest BCUT2D eigenvalue weighted by Crippen LogP contribution is 2.33. The van der Waals surface area contributed by atoms with Crippen LogP contribution in [-0.4, -0.2) is 10.1 Å². The number of anilines is 1. The minimum atomic E-state index is 0.487. The molecule has 3 rings (SSSR count). The Bertz CT molecular complexity index is 498. The molecule has 1 heterocycles. The summed E-state index contributed by atoms with van der Waals surface area (Å²) in [6, 6.07) is 7.49. The van der Waals surface area contributed by atoms with Crippen molar-refractivity contribution < 1.29 is 4.52 Å². The van der Waals surface area contributed by atoms with Gasteiger partial charge in [-0.05, 0) is 37.1 Å². The number of hydrogen-bond donors (Lipinski definition) is 1. The van der Waals surface area contributed by atoms with Crippen LogP contribution < -0.4 is 5.73 Å². The molecule has 0 radical (unpaired) electrons. The van der Waals surface area contributed by atoms with Gasteiger partial charge in [0.2, 0.25) is 0 Å². The van der Waals surface area contributed by atoms with Crippen LogP contribution in [0.2, 0.25) is 0 Å². The molecular weight excluding hydrogens is 214 g/mol. The number of aromatic nitrogens is 2. The summed E-state index contributed by atoms with van der Waals surface area (Å²) in [5.41, 5.74) is 7.31. The number of rotatable bonds is 2. The van der Waals surface area contributed by atoms with E-state index < -0.39 is 0 Å². The highest BCUT2D eigenvalue weighted by Gasteiger charge is 2.22. The van der Waals surface area contributed by atoms with Gasteiger partial charge in [-0.1, -0.05) is 18.0 Å². The molecule has 0 amide bonds. The zero-order valence-electron chi connectivity index (χ0n) is 9.60. The molecule has 4 heteroatoms. The first-order valence-corrected chi connectivity index (χ1v) is 6.02. The van der Waals surface area contributed by atoms with E-state index in [-0.39, 0.29) is 0 Å². The van der Waals surface area contributed by atoms with E-state index in [1.165, 1.54) is 25.7 Å². The maximum absolute atomic E-state index is 5.64. The molecule has 17 heavy (non-hydrogen) atoms. The van der Waals surface area contributed by atoms with E-state index in [9.17, 15) is 0 Å². The van der Waals surface area contributed by atoms with Gasteiger partial charge in [-0.15, -0.1) is 0 Å². The zero-order chi connectivity index (χ0) is 11.7. The van der Waals surface area contributed by atoms with Crippen LogP contribution in [-0.2, 0) is 0 Å². The van der Waals surface area contributed by atoms with E-state index in [1.54, 1.807) is 0 Å². The fourth-order valence-corrected chi connectivity index (χ4v) is 2.33. The molecule has 0 saturated heterocycles. The topological polar surface area (TPSA) is 64.9 Å². The van der Waals surface area contributed by atoms with Crippen LogP contribution in [0.15, 0.2) is 28.8 Å². The van der Waals surface area contributed by atoms with Crippen molar-refractivity contribution in [3.63, 3.8) is 0 Å². The Kier molecular flexibility index (Phi) is 2.55. The molecule has 1 saturated carbocycles. The Hall–Kier alpha value is -1.84. The van der Waals surface area contributed by atoms with Crippen LogP contribution in [0.25, 0.3) is 11.5 Å². The molecule has 1 aliphatic carbocycles. The molecule has 0 atom stereocenters. The predicted molar refractivity (Wildman–Crippen MR) is 65.4 cm³/mol. The van der Waals surface area contributed by atoms with Crippen LogP contribution in [0.1, 0.15) is 37.4 Å². The van der Waals surface area contributed by atoms with Gasteiger partial charge in [0.05, 0.1) is 0 Å². The summed E-state index contributed by atoms with van der Waals surface area (Å²) in [4.78, 5) is 4.47. The highest BCUT2D eigenvalue weighted by molar-refractivity contribution is 5.56. The summed E-state index contributed by atoms with van der Waals surface area (Å²) in [7, 11) is 0. The Morgan fingerprint density at radius 3 is 2.53 bits per heavy atom. The summed E-state index contributed by atoms with van der Waals surface area (Å²) in [6.07, 6.45) is 4.91. The standard InChI is InChI=1S/C13H15N3O/c14-11-7-5-10(6-8-11)13-15-12(16-17-13)9-3-1-2-4-9/h5-9H,1-4,14H2. The molecule has 1 aromatic heterocycles. The Balaban J connectivity index is 1.86. The summed E-state index contributed by atoms with van der Waals surface area (Å²) in [5.74, 6) is 1.93. The van der Waals surface area contributed by atoms with E-state index in [4.69, 9.17) is 10.3 Å². The van der Waals surface area contributed by atoms with E-state index in [1.807, 2.05) is 24.3 Å². The van der Waals surface area contributed by atoms with Crippen molar-refractivity contribution in [2.45, 2.75) is 31.6 Å². The number of nitrogens with two attached hydrogens (primary N) is 1. The van der Waals surface area contributed by atoms with E-state index in [0.29, 0.717) is 11.8 Å². The SMILES string of the molecule is Nc1ccc(-c2nc(C3CCCC3)no2)cc1. The van der Waals surface area contributed by atoms with Gasteiger partial charge in [0.25, 0.3) is 5.89 Å². The van der Waals surface area contributed by atoms with Gasteiger partial charge < -0.3 is 10.3 Å². The van der Waals surface area contributed by atoms with Crippen molar-refractivity contribution in [3.05, 3.63) is 30.1 Å². The molecule has 0 spiro atoms. The number of hydrogen-bond acceptors (Lipinski definition) is 4. The monoisotopic (exact) mass is 229 g/mol. The van der Waals surface area contributed by atoms with Gasteiger partial charge in [0, 0.05) is 17.2 Å². The molecule has 88 valence electrons. The fraction of sp³-hybridized carbons (Fsp3) is 0.385. The van der Waals surface area contributed by atoms with Gasteiger partial charge in [0.15, 0.2) is 5.82 Å². The minimum Gasteiger partial charge on any atom is -0.399 e. The van der Waals surface area contributed by atoms with Gasteiger partial charge in [-0.25, -0.2) is 0 Å². The molecule has 1 aliphatic rings. The third-order valence-corrected chi connectivity index (χ3v) is 3.32. The lowest BCUT2D eigenvalue weighted by Gasteiger charge is -1.99. The second kappa shape index (κ2) is 4.20. The molecule has 4 nitrogen and oxygen atoms in total. The van der Waals surface area contributed by atoms with Gasteiger partial charge in [0.1, 0.15) is 0 Å². The maximum atomic E-state index is 5.64. The molecule has 0 unspecified atom stereocenters. The smallest absolute Gasteiger partial charge is 0.257 e. The first-order valence-electron chi connectivity index (χ1n) is 6.02. The molecule has 0 bridgehead atoms. The largest absolute Gasteiger partial charge is 0.399 e. The van der Waals surface area contributed by atoms with Crippen LogP contribution in [0.4, 0.5) is 5.69 Å². The molecule has 1 aromatic carbocycles. The van der Waals surface area contributed by atoms with Gasteiger partial charge >= 0.3 is 0 Å². The highest BCUT2D eigenvalue weighted by atomic mass is 16.5. The Morgan fingerprint density at radius 2 is 1.82 bits per heavy atom. The van der Waals surface area contributed by atoms with Crippen LogP contribution in [0.3, 0.4) is 0 Å². The van der Waals surface area contributed by atoms with Crippen LogP contribution in [0.5, 0.6) is 0 Å². The summed E-state index contributed by atoms with van der Waals surface area (Å²) in [6.45, 7) is 0. The molecular formula is C13H15N3O. The van der Waals surface area contributed by atoms with E-state index >= 15 is 0 Å². The minimum absolute atomic E-state index is 0.487. The number of nitrogen functional groups attached to an aromatic ring is 1. The second-order valence-electron chi connectivity index (χ2n) is 4.56. The first-order chi connectivity index (χ1) is 8.33. The first kappa shape index (κ1) is 10.3. The normalized spacial score (nSPS) is 16.5. The van der Waals surface area contributed by atoms with E-state index in [2.05, 4.69) is 10.1 Å². The summed E-state index contributed by atoms with van der Waals surface area (Å²) < 4.78 is 5.30. The van der Waals surface area contributed by atoms with Gasteiger partial charge in [-0.3, -0.25) is 0 Å². The van der Waals surface area contributed by atoms with Crippen molar-refractivity contribution in [1.29, 1.82) is 0 Å². The molecule has 2 aromatic rings. The van der Waals surface area contributed by atoms with Crippen molar-refractivity contribution in [1.82, 2.24) is 10.1 Å². The van der Waals surface area contributed by atoms with Crippen molar-refractivity contribution in [2.75, 3.05) is 5.73 Å². The Labute approximate surface area is 99.8 Å². The third-order valence-electron chi connectivity index (χ3n) is 3.32. The predicted octanol–water partition coefficient (Wildman–Crippen LogP) is 2.98. The number of benzene rings is 1. The lowest BCUT2D eigenvalue weighted by atomic mass is 10.1. The molecule has 0 aliphatic heterocycles. The second-order valence-corrected chi connectivity index (χ2v) is 4.56. The van der Waals surface area contributed by atoms with Crippen LogP contribution in [0, 0.1) is 0 Å². The van der Waals surface area contributed by atoms with Crippen LogP contribution >= 0.6 is 0 Å². The summed E-state index contributed by atoms with van der Waals surface area (Å²) in [5, 5.41) is 4.08. The quantitative estimate of drug-likeness (QED) is 0.804. The Morgan fingerprint density at radius 1 is 1.12 bits per heavy atom. The lowest BCUT2D eigenvalue weighted by Crippen LogP contribution is -1.94.